The molecular weight excluding hydrogens is 242 g/mol. The predicted octanol–water partition coefficient (Wildman–Crippen LogP) is 3.82. The second-order valence-electron chi connectivity index (χ2n) is 4.43. The van der Waals surface area contributed by atoms with E-state index >= 15 is 0 Å². The first-order chi connectivity index (χ1) is 8.70. The van der Waals surface area contributed by atoms with Crippen LogP contribution < -0.4 is 5.32 Å². The van der Waals surface area contributed by atoms with Gasteiger partial charge in [0.25, 0.3) is 0 Å². The van der Waals surface area contributed by atoms with Crippen LogP contribution in [0, 0.1) is 17.2 Å². The lowest BCUT2D eigenvalue weighted by Gasteiger charge is -2.22. The van der Waals surface area contributed by atoms with Crippen LogP contribution in [0.4, 0.5) is 5.69 Å². The molecule has 0 aliphatic carbocycles. The fourth-order valence-corrected chi connectivity index (χ4v) is 2.71. The van der Waals surface area contributed by atoms with Gasteiger partial charge in [-0.25, -0.2) is 4.98 Å². The topological polar surface area (TPSA) is 48.7 Å². The number of rotatable bonds is 4. The molecule has 0 amide bonds. The Morgan fingerprint density at radius 3 is 2.67 bits per heavy atom. The number of aromatic nitrogens is 1. The predicted molar refractivity (Wildman–Crippen MR) is 74.5 cm³/mol. The molecule has 2 aromatic rings. The molecule has 0 saturated carbocycles. The monoisotopic (exact) mass is 257 g/mol. The van der Waals surface area contributed by atoms with Crippen molar-refractivity contribution in [1.29, 1.82) is 5.26 Å². The Morgan fingerprint density at radius 1 is 1.33 bits per heavy atom. The van der Waals surface area contributed by atoms with Crippen LogP contribution in [0.5, 0.6) is 0 Å². The van der Waals surface area contributed by atoms with Crippen molar-refractivity contribution < 1.29 is 0 Å². The Kier molecular flexibility index (Phi) is 3.96. The minimum atomic E-state index is 0.278. The zero-order valence-electron chi connectivity index (χ0n) is 10.4. The minimum Gasteiger partial charge on any atom is -0.376 e. The first-order valence-electron chi connectivity index (χ1n) is 5.87. The molecule has 18 heavy (non-hydrogen) atoms. The Morgan fingerprint density at radius 2 is 2.17 bits per heavy atom. The van der Waals surface area contributed by atoms with E-state index in [0.717, 1.165) is 5.69 Å². The highest BCUT2D eigenvalue weighted by Crippen LogP contribution is 2.29. The van der Waals surface area contributed by atoms with Crippen LogP contribution in [0.25, 0.3) is 0 Å². The summed E-state index contributed by atoms with van der Waals surface area (Å²) in [5.41, 5.74) is 1.39. The number of nitrogens with zero attached hydrogens (tertiary/aromatic N) is 2. The van der Waals surface area contributed by atoms with Gasteiger partial charge < -0.3 is 5.32 Å². The molecule has 1 unspecified atom stereocenters. The molecule has 0 bridgehead atoms. The van der Waals surface area contributed by atoms with Gasteiger partial charge in [-0.2, -0.15) is 5.26 Å². The van der Waals surface area contributed by atoms with Crippen molar-refractivity contribution in [2.24, 2.45) is 5.92 Å². The van der Waals surface area contributed by atoms with Gasteiger partial charge in [0.15, 0.2) is 0 Å². The minimum absolute atomic E-state index is 0.278. The molecule has 0 fully saturated rings. The van der Waals surface area contributed by atoms with Gasteiger partial charge in [0.05, 0.1) is 17.9 Å². The molecule has 1 N–H and O–H groups in total. The molecular formula is C14H15N3S. The summed E-state index contributed by atoms with van der Waals surface area (Å²) < 4.78 is 0. The van der Waals surface area contributed by atoms with Crippen molar-refractivity contribution in [2.45, 2.75) is 19.9 Å². The van der Waals surface area contributed by atoms with Crippen LogP contribution in [-0.2, 0) is 0 Å². The summed E-state index contributed by atoms with van der Waals surface area (Å²) in [6.45, 7) is 4.38. The molecule has 2 rings (SSSR count). The molecule has 92 valence electrons. The maximum Gasteiger partial charge on any atom is 0.140 e. The zero-order valence-corrected chi connectivity index (χ0v) is 11.2. The standard InChI is InChI=1S/C14H15N3S/c1-10(2)14(13-4-3-7-18-13)17-12-6-5-11(8-15)16-9-12/h3-7,9-10,14,17H,1-2H3. The lowest BCUT2D eigenvalue weighted by Crippen LogP contribution is -2.15. The van der Waals surface area contributed by atoms with Crippen molar-refractivity contribution in [2.75, 3.05) is 5.32 Å². The molecule has 2 aromatic heterocycles. The quantitative estimate of drug-likeness (QED) is 0.905. The molecule has 0 aromatic carbocycles. The van der Waals surface area contributed by atoms with Crippen molar-refractivity contribution in [3.8, 4) is 6.07 Å². The van der Waals surface area contributed by atoms with Crippen molar-refractivity contribution in [1.82, 2.24) is 4.98 Å². The number of pyridine rings is 1. The number of hydrogen-bond acceptors (Lipinski definition) is 4. The fourth-order valence-electron chi connectivity index (χ4n) is 1.76. The molecule has 0 aliphatic rings. The Balaban J connectivity index is 2.16. The van der Waals surface area contributed by atoms with Crippen molar-refractivity contribution in [3.05, 3.63) is 46.4 Å². The molecule has 3 nitrogen and oxygen atoms in total. The van der Waals surface area contributed by atoms with E-state index in [1.54, 1.807) is 23.6 Å². The van der Waals surface area contributed by atoms with Gasteiger partial charge in [-0.15, -0.1) is 11.3 Å². The van der Waals surface area contributed by atoms with Gasteiger partial charge in [-0.05, 0) is 29.5 Å². The highest BCUT2D eigenvalue weighted by Gasteiger charge is 2.16. The number of anilines is 1. The second-order valence-corrected chi connectivity index (χ2v) is 5.40. The molecule has 0 radical (unpaired) electrons. The van der Waals surface area contributed by atoms with Gasteiger partial charge in [0, 0.05) is 4.88 Å². The second kappa shape index (κ2) is 5.65. The maximum atomic E-state index is 8.72. The van der Waals surface area contributed by atoms with Crippen LogP contribution in [0.3, 0.4) is 0 Å². The third kappa shape index (κ3) is 2.88. The average Bonchev–Trinajstić information content (AvgIpc) is 2.90. The van der Waals surface area contributed by atoms with Gasteiger partial charge in [-0.3, -0.25) is 0 Å². The van der Waals surface area contributed by atoms with E-state index in [4.69, 9.17) is 5.26 Å². The van der Waals surface area contributed by atoms with E-state index in [-0.39, 0.29) is 6.04 Å². The van der Waals surface area contributed by atoms with E-state index in [2.05, 4.69) is 41.7 Å². The summed E-state index contributed by atoms with van der Waals surface area (Å²) >= 11 is 1.75. The molecule has 4 heteroatoms. The largest absolute Gasteiger partial charge is 0.376 e. The smallest absolute Gasteiger partial charge is 0.140 e. The SMILES string of the molecule is CC(C)C(Nc1ccc(C#N)nc1)c1cccs1. The normalized spacial score (nSPS) is 12.1. The first kappa shape index (κ1) is 12.6. The lowest BCUT2D eigenvalue weighted by atomic mass is 10.0. The Bertz CT molecular complexity index is 523. The molecule has 0 aliphatic heterocycles. The number of nitriles is 1. The van der Waals surface area contributed by atoms with E-state index < -0.39 is 0 Å². The summed E-state index contributed by atoms with van der Waals surface area (Å²) in [5, 5.41) is 14.3. The van der Waals surface area contributed by atoms with Gasteiger partial charge >= 0.3 is 0 Å². The zero-order chi connectivity index (χ0) is 13.0. The lowest BCUT2D eigenvalue weighted by molar-refractivity contribution is 0.553. The Labute approximate surface area is 111 Å². The number of thiophene rings is 1. The molecule has 0 spiro atoms. The Hall–Kier alpha value is -1.86. The summed E-state index contributed by atoms with van der Waals surface area (Å²) in [6, 6.07) is 10.1. The van der Waals surface area contributed by atoms with Crippen molar-refractivity contribution >= 4 is 17.0 Å². The fraction of sp³-hybridized carbons (Fsp3) is 0.286. The third-order valence-electron chi connectivity index (χ3n) is 2.72. The van der Waals surface area contributed by atoms with E-state index in [1.807, 2.05) is 12.1 Å². The van der Waals surface area contributed by atoms with Crippen LogP contribution in [0.1, 0.15) is 30.5 Å². The first-order valence-corrected chi connectivity index (χ1v) is 6.74. The van der Waals surface area contributed by atoms with Gasteiger partial charge in [-0.1, -0.05) is 19.9 Å². The van der Waals surface area contributed by atoms with Crippen LogP contribution >= 0.6 is 11.3 Å². The summed E-state index contributed by atoms with van der Waals surface area (Å²) in [4.78, 5) is 5.38. The molecule has 1 atom stereocenters. The maximum absolute atomic E-state index is 8.72. The van der Waals surface area contributed by atoms with Crippen LogP contribution in [-0.4, -0.2) is 4.98 Å². The third-order valence-corrected chi connectivity index (χ3v) is 3.67. The molecule has 0 saturated heterocycles. The van der Waals surface area contributed by atoms with E-state index in [1.165, 1.54) is 4.88 Å². The summed E-state index contributed by atoms with van der Waals surface area (Å²) in [7, 11) is 0. The van der Waals surface area contributed by atoms with Crippen LogP contribution in [0.15, 0.2) is 35.8 Å². The summed E-state index contributed by atoms with van der Waals surface area (Å²) in [5.74, 6) is 0.485. The van der Waals surface area contributed by atoms with Crippen molar-refractivity contribution in [3.63, 3.8) is 0 Å². The van der Waals surface area contributed by atoms with E-state index in [0.29, 0.717) is 11.6 Å². The van der Waals surface area contributed by atoms with Gasteiger partial charge in [0.1, 0.15) is 11.8 Å². The van der Waals surface area contributed by atoms with Crippen LogP contribution in [0.2, 0.25) is 0 Å². The highest BCUT2D eigenvalue weighted by molar-refractivity contribution is 7.10. The van der Waals surface area contributed by atoms with E-state index in [9.17, 15) is 0 Å². The number of hydrogen-bond donors (Lipinski definition) is 1. The number of nitrogens with one attached hydrogen (secondary N) is 1. The highest BCUT2D eigenvalue weighted by atomic mass is 32.1. The van der Waals surface area contributed by atoms with Gasteiger partial charge in [0.2, 0.25) is 0 Å². The summed E-state index contributed by atoms with van der Waals surface area (Å²) in [6.07, 6.45) is 1.71. The average molecular weight is 257 g/mol. The molecule has 2 heterocycles.